The van der Waals surface area contributed by atoms with Crippen LogP contribution in [0.15, 0.2) is 24.3 Å². The number of hydrogen-bond acceptors (Lipinski definition) is 3. The van der Waals surface area contributed by atoms with Gasteiger partial charge >= 0.3 is 0 Å². The Morgan fingerprint density at radius 1 is 1.30 bits per heavy atom. The van der Waals surface area contributed by atoms with E-state index < -0.39 is 5.91 Å². The second-order valence-electron chi connectivity index (χ2n) is 6.04. The van der Waals surface area contributed by atoms with E-state index in [2.05, 4.69) is 19.2 Å². The molecule has 3 N–H and O–H groups in total. The number of hydrogen-bond donors (Lipinski definition) is 2. The molecule has 2 atom stereocenters. The zero-order valence-corrected chi connectivity index (χ0v) is 12.3. The lowest BCUT2D eigenvalue weighted by Crippen LogP contribution is -2.30. The fraction of sp³-hybridized carbons (Fsp3) is 0.562. The molecule has 0 saturated heterocycles. The number of anilines is 1. The molecule has 110 valence electrons. The van der Waals surface area contributed by atoms with Crippen LogP contribution in [0.5, 0.6) is 5.75 Å². The number of carbonyl (C=O) groups is 1. The SMILES string of the molecule is CC1CC(C)CC(Nc2cccc(OCC(N)=O)c2)C1. The van der Waals surface area contributed by atoms with Crippen molar-refractivity contribution in [3.05, 3.63) is 24.3 Å². The molecular weight excluding hydrogens is 252 g/mol. The lowest BCUT2D eigenvalue weighted by Gasteiger charge is -2.32. The summed E-state index contributed by atoms with van der Waals surface area (Å²) in [7, 11) is 0. The van der Waals surface area contributed by atoms with Crippen molar-refractivity contribution in [1.29, 1.82) is 0 Å². The predicted molar refractivity (Wildman–Crippen MR) is 80.7 cm³/mol. The van der Waals surface area contributed by atoms with Crippen LogP contribution in [0.25, 0.3) is 0 Å². The lowest BCUT2D eigenvalue weighted by atomic mass is 9.80. The molecule has 1 aliphatic carbocycles. The first kappa shape index (κ1) is 14.7. The first-order valence-corrected chi connectivity index (χ1v) is 7.30. The molecule has 0 heterocycles. The first-order chi connectivity index (χ1) is 9.52. The number of primary amides is 1. The molecule has 0 spiro atoms. The summed E-state index contributed by atoms with van der Waals surface area (Å²) in [5.74, 6) is 1.75. The molecule has 4 nitrogen and oxygen atoms in total. The number of nitrogens with two attached hydrogens (primary N) is 1. The highest BCUT2D eigenvalue weighted by Gasteiger charge is 2.23. The van der Waals surface area contributed by atoms with Crippen LogP contribution in [0.1, 0.15) is 33.1 Å². The second-order valence-corrected chi connectivity index (χ2v) is 6.04. The number of carbonyl (C=O) groups excluding carboxylic acids is 1. The molecule has 1 aromatic carbocycles. The minimum Gasteiger partial charge on any atom is -0.484 e. The van der Waals surface area contributed by atoms with Crippen LogP contribution in [0.4, 0.5) is 5.69 Å². The number of ether oxygens (including phenoxy) is 1. The maximum Gasteiger partial charge on any atom is 0.255 e. The molecule has 1 saturated carbocycles. The third-order valence-corrected chi connectivity index (χ3v) is 3.76. The molecule has 4 heteroatoms. The van der Waals surface area contributed by atoms with Crippen LogP contribution < -0.4 is 15.8 Å². The third-order valence-electron chi connectivity index (χ3n) is 3.76. The maximum atomic E-state index is 10.7. The highest BCUT2D eigenvalue weighted by Crippen LogP contribution is 2.31. The normalized spacial score (nSPS) is 26.0. The molecule has 0 radical (unpaired) electrons. The highest BCUT2D eigenvalue weighted by molar-refractivity contribution is 5.75. The van der Waals surface area contributed by atoms with Crippen LogP contribution in [0, 0.1) is 11.8 Å². The Kier molecular flexibility index (Phi) is 4.88. The largest absolute Gasteiger partial charge is 0.484 e. The molecule has 0 aromatic heterocycles. The van der Waals surface area contributed by atoms with Crippen LogP contribution >= 0.6 is 0 Å². The van der Waals surface area contributed by atoms with Gasteiger partial charge in [-0.25, -0.2) is 0 Å². The molecule has 1 aliphatic rings. The quantitative estimate of drug-likeness (QED) is 0.869. The average molecular weight is 276 g/mol. The van der Waals surface area contributed by atoms with Gasteiger partial charge in [-0.2, -0.15) is 0 Å². The van der Waals surface area contributed by atoms with Crippen molar-refractivity contribution < 1.29 is 9.53 Å². The number of amides is 1. The van der Waals surface area contributed by atoms with Gasteiger partial charge in [-0.1, -0.05) is 19.9 Å². The average Bonchev–Trinajstić information content (AvgIpc) is 2.35. The first-order valence-electron chi connectivity index (χ1n) is 7.30. The van der Waals surface area contributed by atoms with Crippen LogP contribution in [-0.2, 0) is 4.79 Å². The fourth-order valence-electron chi connectivity index (χ4n) is 3.13. The van der Waals surface area contributed by atoms with E-state index in [0.717, 1.165) is 17.5 Å². The Bertz CT molecular complexity index is 452. The van der Waals surface area contributed by atoms with Crippen molar-refractivity contribution in [2.45, 2.75) is 39.2 Å². The summed E-state index contributed by atoms with van der Waals surface area (Å²) in [5, 5.41) is 3.57. The molecule has 1 fully saturated rings. The summed E-state index contributed by atoms with van der Waals surface area (Å²) in [6.07, 6.45) is 3.73. The van der Waals surface area contributed by atoms with Crippen LogP contribution in [0.2, 0.25) is 0 Å². The van der Waals surface area contributed by atoms with Gasteiger partial charge in [0.05, 0.1) is 0 Å². The van der Waals surface area contributed by atoms with E-state index >= 15 is 0 Å². The molecule has 1 amide bonds. The molecule has 2 rings (SSSR count). The summed E-state index contributed by atoms with van der Waals surface area (Å²) in [6, 6.07) is 8.22. The standard InChI is InChI=1S/C16H24N2O2/c1-11-6-12(2)8-14(7-11)18-13-4-3-5-15(9-13)20-10-16(17)19/h3-5,9,11-12,14,18H,6-8,10H2,1-2H3,(H2,17,19). The van der Waals surface area contributed by atoms with E-state index in [4.69, 9.17) is 10.5 Å². The smallest absolute Gasteiger partial charge is 0.255 e. The van der Waals surface area contributed by atoms with Gasteiger partial charge < -0.3 is 15.8 Å². The summed E-state index contributed by atoms with van der Waals surface area (Å²) in [5.41, 5.74) is 6.12. The van der Waals surface area contributed by atoms with Crippen molar-refractivity contribution in [3.8, 4) is 5.75 Å². The molecule has 0 bridgehead atoms. The Balaban J connectivity index is 1.95. The van der Waals surface area contributed by atoms with Gasteiger partial charge in [0.15, 0.2) is 6.61 Å². The third kappa shape index (κ3) is 4.44. The number of nitrogens with one attached hydrogen (secondary N) is 1. The molecule has 2 unspecified atom stereocenters. The van der Waals surface area contributed by atoms with E-state index in [1.54, 1.807) is 0 Å². The Morgan fingerprint density at radius 3 is 2.65 bits per heavy atom. The fourth-order valence-corrected chi connectivity index (χ4v) is 3.13. The Morgan fingerprint density at radius 2 is 2.00 bits per heavy atom. The molecule has 1 aromatic rings. The minimum atomic E-state index is -0.460. The van der Waals surface area contributed by atoms with Crippen molar-refractivity contribution in [2.24, 2.45) is 17.6 Å². The lowest BCUT2D eigenvalue weighted by molar-refractivity contribution is -0.119. The minimum absolute atomic E-state index is 0.0824. The van der Waals surface area contributed by atoms with Gasteiger partial charge in [0.2, 0.25) is 0 Å². The Hall–Kier alpha value is -1.71. The van der Waals surface area contributed by atoms with Gasteiger partial charge in [-0.3, -0.25) is 4.79 Å². The van der Waals surface area contributed by atoms with Gasteiger partial charge in [-0.05, 0) is 43.2 Å². The van der Waals surface area contributed by atoms with E-state index in [9.17, 15) is 4.79 Å². The van der Waals surface area contributed by atoms with E-state index in [0.29, 0.717) is 11.8 Å². The summed E-state index contributed by atoms with van der Waals surface area (Å²) in [6.45, 7) is 4.55. The van der Waals surface area contributed by atoms with Gasteiger partial charge in [0, 0.05) is 17.8 Å². The van der Waals surface area contributed by atoms with Crippen molar-refractivity contribution in [1.82, 2.24) is 0 Å². The van der Waals surface area contributed by atoms with E-state index in [1.807, 2.05) is 24.3 Å². The van der Waals surface area contributed by atoms with Crippen molar-refractivity contribution >= 4 is 11.6 Å². The van der Waals surface area contributed by atoms with E-state index in [-0.39, 0.29) is 6.61 Å². The van der Waals surface area contributed by atoms with E-state index in [1.165, 1.54) is 19.3 Å². The number of benzene rings is 1. The number of rotatable bonds is 5. The molecule has 0 aliphatic heterocycles. The summed E-state index contributed by atoms with van der Waals surface area (Å²) < 4.78 is 5.32. The topological polar surface area (TPSA) is 64.3 Å². The van der Waals surface area contributed by atoms with Crippen molar-refractivity contribution in [2.75, 3.05) is 11.9 Å². The van der Waals surface area contributed by atoms with Gasteiger partial charge in [0.1, 0.15) is 5.75 Å². The second kappa shape index (κ2) is 6.64. The molecular formula is C16H24N2O2. The zero-order chi connectivity index (χ0) is 14.5. The Labute approximate surface area is 120 Å². The van der Waals surface area contributed by atoms with Crippen LogP contribution in [0.3, 0.4) is 0 Å². The maximum absolute atomic E-state index is 10.7. The van der Waals surface area contributed by atoms with Gasteiger partial charge in [0.25, 0.3) is 5.91 Å². The van der Waals surface area contributed by atoms with Gasteiger partial charge in [-0.15, -0.1) is 0 Å². The van der Waals surface area contributed by atoms with Crippen LogP contribution in [-0.4, -0.2) is 18.6 Å². The zero-order valence-electron chi connectivity index (χ0n) is 12.3. The van der Waals surface area contributed by atoms with Crippen molar-refractivity contribution in [3.63, 3.8) is 0 Å². The monoisotopic (exact) mass is 276 g/mol. The molecule has 20 heavy (non-hydrogen) atoms. The summed E-state index contributed by atoms with van der Waals surface area (Å²) in [4.78, 5) is 10.7. The predicted octanol–water partition coefficient (Wildman–Crippen LogP) is 2.79. The summed E-state index contributed by atoms with van der Waals surface area (Å²) >= 11 is 0. The highest BCUT2D eigenvalue weighted by atomic mass is 16.5.